The lowest BCUT2D eigenvalue weighted by Gasteiger charge is -2.22. The van der Waals surface area contributed by atoms with E-state index in [-0.39, 0.29) is 5.60 Å². The molecule has 0 aliphatic carbocycles. The van der Waals surface area contributed by atoms with Crippen LogP contribution in [0.25, 0.3) is 0 Å². The first-order valence-corrected chi connectivity index (χ1v) is 5.66. The van der Waals surface area contributed by atoms with Crippen LogP contribution in [-0.4, -0.2) is 15.8 Å². The van der Waals surface area contributed by atoms with E-state index in [0.717, 1.165) is 14.5 Å². The Hall–Kier alpha value is -0.0331. The average molecular weight is 303 g/mol. The van der Waals surface area contributed by atoms with Crippen molar-refractivity contribution in [3.05, 3.63) is 21.8 Å². The molecule has 0 aliphatic heterocycles. The van der Waals surface area contributed by atoms with Gasteiger partial charge in [0.15, 0.2) is 0 Å². The van der Waals surface area contributed by atoms with Gasteiger partial charge in [0.1, 0.15) is 11.4 Å². The number of halogens is 1. The van der Waals surface area contributed by atoms with Gasteiger partial charge in [0, 0.05) is 0 Å². The third kappa shape index (κ3) is 3.68. The second-order valence-electron chi connectivity index (χ2n) is 3.86. The quantitative estimate of drug-likeness (QED) is 0.571. The molecule has 1 nitrogen and oxygen atoms in total. The van der Waals surface area contributed by atoms with E-state index in [1.165, 1.54) is 0 Å². The highest BCUT2D eigenvalue weighted by Gasteiger charge is 2.13. The van der Waals surface area contributed by atoms with Crippen LogP contribution in [0.1, 0.15) is 20.8 Å². The lowest BCUT2D eigenvalue weighted by atomic mass is 10.2. The van der Waals surface area contributed by atoms with E-state index >= 15 is 0 Å². The van der Waals surface area contributed by atoms with Crippen molar-refractivity contribution in [3.63, 3.8) is 0 Å². The molecule has 0 atom stereocenters. The van der Waals surface area contributed by atoms with Gasteiger partial charge in [-0.05, 0) is 55.5 Å². The highest BCUT2D eigenvalue weighted by Crippen LogP contribution is 2.23. The predicted molar refractivity (Wildman–Crippen MR) is 64.9 cm³/mol. The smallest absolute Gasteiger partial charge is 0.133 e. The summed E-state index contributed by atoms with van der Waals surface area (Å²) in [5.74, 6) is 0.940. The Balaban J connectivity index is 2.90. The van der Waals surface area contributed by atoms with Crippen LogP contribution < -0.4 is 9.92 Å². The van der Waals surface area contributed by atoms with Gasteiger partial charge in [0.05, 0.1) is 13.8 Å². The van der Waals surface area contributed by atoms with E-state index in [9.17, 15) is 0 Å². The SMILES string of the molecule is CC(C)(C)Oc1ccc([Si])cc1I. The molecule has 13 heavy (non-hydrogen) atoms. The zero-order valence-corrected chi connectivity index (χ0v) is 11.2. The van der Waals surface area contributed by atoms with Gasteiger partial charge in [-0.25, -0.2) is 0 Å². The molecule has 0 aliphatic rings. The first-order chi connectivity index (χ1) is 5.88. The van der Waals surface area contributed by atoms with Crippen molar-refractivity contribution >= 4 is 38.0 Å². The largest absolute Gasteiger partial charge is 0.487 e. The molecule has 3 radical (unpaired) electrons. The summed E-state index contributed by atoms with van der Waals surface area (Å²) in [7, 11) is 3.46. The fourth-order valence-corrected chi connectivity index (χ4v) is 2.06. The summed E-state index contributed by atoms with van der Waals surface area (Å²) < 4.78 is 6.88. The van der Waals surface area contributed by atoms with Gasteiger partial charge >= 0.3 is 0 Å². The summed E-state index contributed by atoms with van der Waals surface area (Å²) in [5.41, 5.74) is -0.132. The van der Waals surface area contributed by atoms with Crippen LogP contribution in [0.15, 0.2) is 18.2 Å². The highest BCUT2D eigenvalue weighted by atomic mass is 127. The van der Waals surface area contributed by atoms with Crippen LogP contribution in [0.5, 0.6) is 5.75 Å². The van der Waals surface area contributed by atoms with Crippen molar-refractivity contribution in [1.82, 2.24) is 0 Å². The van der Waals surface area contributed by atoms with E-state index in [0.29, 0.717) is 0 Å². The number of hydrogen-bond donors (Lipinski definition) is 0. The van der Waals surface area contributed by atoms with Crippen molar-refractivity contribution in [2.45, 2.75) is 26.4 Å². The molecule has 0 heterocycles. The Bertz CT molecular complexity index is 304. The van der Waals surface area contributed by atoms with Gasteiger partial charge in [-0.2, -0.15) is 0 Å². The summed E-state index contributed by atoms with van der Waals surface area (Å²) in [6, 6.07) is 6.01. The molecular formula is C10H12IOSi. The van der Waals surface area contributed by atoms with Crippen molar-refractivity contribution in [3.8, 4) is 5.75 Å². The monoisotopic (exact) mass is 303 g/mol. The van der Waals surface area contributed by atoms with Crippen LogP contribution >= 0.6 is 22.6 Å². The van der Waals surface area contributed by atoms with Crippen molar-refractivity contribution in [2.24, 2.45) is 0 Å². The summed E-state index contributed by atoms with van der Waals surface area (Å²) in [6.45, 7) is 6.14. The van der Waals surface area contributed by atoms with Crippen molar-refractivity contribution in [2.75, 3.05) is 0 Å². The Morgan fingerprint density at radius 1 is 1.31 bits per heavy atom. The van der Waals surface area contributed by atoms with E-state index in [2.05, 4.69) is 32.8 Å². The minimum atomic E-state index is -0.132. The third-order valence-corrected chi connectivity index (χ3v) is 2.50. The lowest BCUT2D eigenvalue weighted by Crippen LogP contribution is -2.23. The standard InChI is InChI=1S/C10H12IOSi/c1-10(2,3)12-9-5-4-7(13)6-8(9)11/h4-6H,1-3H3. The molecule has 1 aromatic carbocycles. The summed E-state index contributed by atoms with van der Waals surface area (Å²) in [6.07, 6.45) is 0. The number of ether oxygens (including phenoxy) is 1. The van der Waals surface area contributed by atoms with Gasteiger partial charge in [-0.1, -0.05) is 11.3 Å². The molecule has 0 spiro atoms. The first kappa shape index (κ1) is 11.0. The van der Waals surface area contributed by atoms with Gasteiger partial charge in [0.25, 0.3) is 0 Å². The van der Waals surface area contributed by atoms with Crippen LogP contribution in [0.2, 0.25) is 0 Å². The van der Waals surface area contributed by atoms with Gasteiger partial charge in [-0.3, -0.25) is 0 Å². The number of rotatable bonds is 1. The second-order valence-corrected chi connectivity index (χ2v) is 5.60. The fraction of sp³-hybridized carbons (Fsp3) is 0.400. The maximum absolute atomic E-state index is 5.76. The Labute approximate surface area is 96.4 Å². The number of benzene rings is 1. The summed E-state index contributed by atoms with van der Waals surface area (Å²) >= 11 is 2.27. The van der Waals surface area contributed by atoms with Gasteiger partial charge < -0.3 is 4.74 Å². The van der Waals surface area contributed by atoms with Gasteiger partial charge in [-0.15, -0.1) is 0 Å². The van der Waals surface area contributed by atoms with Crippen LogP contribution in [0, 0.1) is 3.57 Å². The normalized spacial score (nSPS) is 11.5. The molecule has 3 heteroatoms. The average Bonchev–Trinajstić information content (AvgIpc) is 1.93. The molecule has 1 aromatic rings. The zero-order valence-electron chi connectivity index (χ0n) is 8.02. The lowest BCUT2D eigenvalue weighted by molar-refractivity contribution is 0.129. The van der Waals surface area contributed by atoms with E-state index in [4.69, 9.17) is 4.74 Å². The van der Waals surface area contributed by atoms with E-state index in [1.54, 1.807) is 0 Å². The van der Waals surface area contributed by atoms with Crippen molar-refractivity contribution in [1.29, 1.82) is 0 Å². The van der Waals surface area contributed by atoms with Gasteiger partial charge in [0.2, 0.25) is 0 Å². The molecule has 0 N–H and O–H groups in total. The minimum Gasteiger partial charge on any atom is -0.487 e. The molecule has 0 saturated carbocycles. The Morgan fingerprint density at radius 3 is 2.38 bits per heavy atom. The molecule has 0 fully saturated rings. The molecule has 0 saturated heterocycles. The maximum Gasteiger partial charge on any atom is 0.133 e. The van der Waals surface area contributed by atoms with E-state index in [1.807, 2.05) is 39.0 Å². The fourth-order valence-electron chi connectivity index (χ4n) is 0.913. The minimum absolute atomic E-state index is 0.132. The summed E-state index contributed by atoms with van der Waals surface area (Å²) in [5, 5.41) is 1.07. The van der Waals surface area contributed by atoms with E-state index < -0.39 is 0 Å². The highest BCUT2D eigenvalue weighted by molar-refractivity contribution is 14.1. The molecule has 0 bridgehead atoms. The molecule has 69 valence electrons. The first-order valence-electron chi connectivity index (χ1n) is 4.09. The Morgan fingerprint density at radius 2 is 1.92 bits per heavy atom. The Kier molecular flexibility index (Phi) is 3.40. The summed E-state index contributed by atoms with van der Waals surface area (Å²) in [4.78, 5) is 0. The van der Waals surface area contributed by atoms with Crippen LogP contribution in [0.4, 0.5) is 0 Å². The van der Waals surface area contributed by atoms with Crippen LogP contribution in [0.3, 0.4) is 0 Å². The molecular weight excluding hydrogens is 291 g/mol. The predicted octanol–water partition coefficient (Wildman–Crippen LogP) is 2.26. The zero-order chi connectivity index (χ0) is 10.1. The van der Waals surface area contributed by atoms with Crippen molar-refractivity contribution < 1.29 is 4.74 Å². The van der Waals surface area contributed by atoms with Crippen LogP contribution in [-0.2, 0) is 0 Å². The topological polar surface area (TPSA) is 9.23 Å². The second kappa shape index (κ2) is 4.00. The number of hydrogen-bond acceptors (Lipinski definition) is 1. The molecule has 0 unspecified atom stereocenters. The molecule has 0 aromatic heterocycles. The third-order valence-electron chi connectivity index (χ3n) is 1.35. The molecule has 0 amide bonds. The maximum atomic E-state index is 5.76. The molecule has 1 rings (SSSR count).